The van der Waals surface area contributed by atoms with Gasteiger partial charge in [0.05, 0.1) is 11.7 Å². The minimum atomic E-state index is -0.539. The highest BCUT2D eigenvalue weighted by Gasteiger charge is 2.55. The maximum atomic E-state index is 13.7. The molecule has 1 amide bonds. The predicted octanol–water partition coefficient (Wildman–Crippen LogP) is 4.24. The van der Waals surface area contributed by atoms with Gasteiger partial charge in [-0.1, -0.05) is 12.2 Å². The second-order valence-corrected chi connectivity index (χ2v) is 7.52. The van der Waals surface area contributed by atoms with Crippen LogP contribution in [0.2, 0.25) is 0 Å². The number of allylic oxidation sites excluding steroid dienone is 1. The van der Waals surface area contributed by atoms with Crippen LogP contribution in [-0.4, -0.2) is 17.7 Å². The first-order chi connectivity index (χ1) is 10.3. The van der Waals surface area contributed by atoms with E-state index in [-0.39, 0.29) is 23.9 Å². The molecule has 2 aliphatic carbocycles. The molecule has 4 atom stereocenters. The van der Waals surface area contributed by atoms with Gasteiger partial charge in [-0.3, -0.25) is 4.90 Å². The molecule has 0 N–H and O–H groups in total. The van der Waals surface area contributed by atoms with Crippen molar-refractivity contribution in [3.8, 4) is 0 Å². The third kappa shape index (κ3) is 1.89. The minimum Gasteiger partial charge on any atom is -0.443 e. The lowest BCUT2D eigenvalue weighted by Crippen LogP contribution is -2.44. The van der Waals surface area contributed by atoms with Crippen molar-refractivity contribution in [2.45, 2.75) is 44.8 Å². The van der Waals surface area contributed by atoms with Crippen LogP contribution in [0.1, 0.15) is 38.7 Å². The summed E-state index contributed by atoms with van der Waals surface area (Å²) in [6.45, 7) is 5.60. The standard InChI is InChI=1S/C18H20FNO2/c1-18(2,3)22-17(21)20-14-7-6-12(19)9-13(14)15-10-4-5-11(8-10)16(15)20/h4-7,9-11,15-16H,8H2,1-3H3/t10-,11+,15-,16-/m0/s1. The molecule has 0 spiro atoms. The summed E-state index contributed by atoms with van der Waals surface area (Å²) in [4.78, 5) is 14.5. The van der Waals surface area contributed by atoms with Crippen LogP contribution in [0, 0.1) is 17.7 Å². The average molecular weight is 301 g/mol. The van der Waals surface area contributed by atoms with Gasteiger partial charge in [-0.05, 0) is 62.8 Å². The van der Waals surface area contributed by atoms with Crippen LogP contribution < -0.4 is 4.90 Å². The first-order valence-electron chi connectivity index (χ1n) is 7.85. The Bertz CT molecular complexity index is 676. The highest BCUT2D eigenvalue weighted by atomic mass is 19.1. The Kier molecular flexibility index (Phi) is 2.72. The lowest BCUT2D eigenvalue weighted by Gasteiger charge is -2.32. The summed E-state index contributed by atoms with van der Waals surface area (Å²) in [6.07, 6.45) is 5.14. The van der Waals surface area contributed by atoms with Gasteiger partial charge < -0.3 is 4.74 Å². The number of fused-ring (bicyclic) bond motifs is 7. The monoisotopic (exact) mass is 301 g/mol. The molecule has 1 saturated carbocycles. The number of carbonyl (C=O) groups is 1. The summed E-state index contributed by atoms with van der Waals surface area (Å²) in [5.41, 5.74) is 1.22. The molecule has 0 aromatic heterocycles. The molecule has 0 unspecified atom stereocenters. The molecule has 1 fully saturated rings. The fourth-order valence-corrected chi connectivity index (χ4v) is 4.27. The van der Waals surface area contributed by atoms with Crippen LogP contribution in [0.15, 0.2) is 30.4 Å². The largest absolute Gasteiger partial charge is 0.443 e. The first-order valence-corrected chi connectivity index (χ1v) is 7.85. The molecule has 1 aromatic carbocycles. The van der Waals surface area contributed by atoms with Gasteiger partial charge in [0.15, 0.2) is 0 Å². The van der Waals surface area contributed by atoms with E-state index in [4.69, 9.17) is 4.74 Å². The second kappa shape index (κ2) is 4.34. The summed E-state index contributed by atoms with van der Waals surface area (Å²) in [6, 6.07) is 4.80. The molecule has 2 bridgehead atoms. The number of nitrogens with zero attached hydrogens (tertiary/aromatic N) is 1. The SMILES string of the molecule is CC(C)(C)OC(=O)N1c2ccc(F)cc2[C@H]2[C@@H]1[C@@H]1C=C[C@H]2C1. The van der Waals surface area contributed by atoms with Gasteiger partial charge in [0, 0.05) is 5.92 Å². The van der Waals surface area contributed by atoms with E-state index in [1.165, 1.54) is 6.07 Å². The zero-order valence-electron chi connectivity index (χ0n) is 13.0. The van der Waals surface area contributed by atoms with Crippen LogP contribution in [0.5, 0.6) is 0 Å². The number of rotatable bonds is 0. The van der Waals surface area contributed by atoms with E-state index in [0.29, 0.717) is 11.8 Å². The fourth-order valence-electron chi connectivity index (χ4n) is 4.27. The Morgan fingerprint density at radius 1 is 1.27 bits per heavy atom. The molecule has 3 nitrogen and oxygen atoms in total. The molecule has 0 saturated heterocycles. The van der Waals surface area contributed by atoms with Gasteiger partial charge in [-0.15, -0.1) is 0 Å². The van der Waals surface area contributed by atoms with Gasteiger partial charge in [0.1, 0.15) is 11.4 Å². The summed E-state index contributed by atoms with van der Waals surface area (Å²) in [5, 5.41) is 0. The third-order valence-corrected chi connectivity index (χ3v) is 4.91. The zero-order valence-corrected chi connectivity index (χ0v) is 13.0. The van der Waals surface area contributed by atoms with Crippen LogP contribution in [0.25, 0.3) is 0 Å². The van der Waals surface area contributed by atoms with E-state index in [9.17, 15) is 9.18 Å². The number of hydrogen-bond donors (Lipinski definition) is 0. The maximum Gasteiger partial charge on any atom is 0.415 e. The summed E-state index contributed by atoms with van der Waals surface area (Å²) < 4.78 is 19.3. The Hall–Kier alpha value is -1.84. The van der Waals surface area contributed by atoms with E-state index in [1.807, 2.05) is 20.8 Å². The van der Waals surface area contributed by atoms with Crippen molar-refractivity contribution < 1.29 is 13.9 Å². The van der Waals surface area contributed by atoms with Crippen molar-refractivity contribution in [3.05, 3.63) is 41.7 Å². The maximum absolute atomic E-state index is 13.7. The third-order valence-electron chi connectivity index (χ3n) is 4.91. The van der Waals surface area contributed by atoms with Crippen molar-refractivity contribution in [2.75, 3.05) is 4.90 Å². The fraction of sp³-hybridized carbons (Fsp3) is 0.500. The number of carbonyl (C=O) groups excluding carboxylic acids is 1. The van der Waals surface area contributed by atoms with Gasteiger partial charge in [-0.25, -0.2) is 9.18 Å². The molecule has 4 heteroatoms. The van der Waals surface area contributed by atoms with Crippen LogP contribution >= 0.6 is 0 Å². The van der Waals surface area contributed by atoms with Gasteiger partial charge in [0.25, 0.3) is 0 Å². The molecule has 22 heavy (non-hydrogen) atoms. The lowest BCUT2D eigenvalue weighted by atomic mass is 9.86. The topological polar surface area (TPSA) is 29.5 Å². The predicted molar refractivity (Wildman–Crippen MR) is 82.4 cm³/mol. The van der Waals surface area contributed by atoms with Crippen LogP contribution in [-0.2, 0) is 4.74 Å². The van der Waals surface area contributed by atoms with Gasteiger partial charge >= 0.3 is 6.09 Å². The number of amides is 1. The Morgan fingerprint density at radius 3 is 2.73 bits per heavy atom. The molecule has 116 valence electrons. The van der Waals surface area contributed by atoms with Crippen molar-refractivity contribution in [1.82, 2.24) is 0 Å². The summed E-state index contributed by atoms with van der Waals surface area (Å²) in [5.74, 6) is 0.712. The van der Waals surface area contributed by atoms with Crippen molar-refractivity contribution in [1.29, 1.82) is 0 Å². The summed E-state index contributed by atoms with van der Waals surface area (Å²) >= 11 is 0. The molecular weight excluding hydrogens is 281 g/mol. The minimum absolute atomic E-state index is 0.0710. The molecule has 1 aliphatic heterocycles. The number of halogens is 1. The van der Waals surface area contributed by atoms with Crippen LogP contribution in [0.3, 0.4) is 0 Å². The van der Waals surface area contributed by atoms with E-state index in [1.54, 1.807) is 17.0 Å². The second-order valence-electron chi connectivity index (χ2n) is 7.52. The molecule has 0 radical (unpaired) electrons. The van der Waals surface area contributed by atoms with Crippen LogP contribution in [0.4, 0.5) is 14.9 Å². The number of benzene rings is 1. The van der Waals surface area contributed by atoms with E-state index < -0.39 is 5.60 Å². The molecule has 3 aliphatic rings. The number of anilines is 1. The first kappa shape index (κ1) is 13.8. The van der Waals surface area contributed by atoms with E-state index in [2.05, 4.69) is 12.2 Å². The van der Waals surface area contributed by atoms with Crippen molar-refractivity contribution in [3.63, 3.8) is 0 Å². The summed E-state index contributed by atoms with van der Waals surface area (Å²) in [7, 11) is 0. The normalized spacial score (nSPS) is 31.4. The molecular formula is C18H20FNO2. The Morgan fingerprint density at radius 2 is 2.00 bits per heavy atom. The van der Waals surface area contributed by atoms with Gasteiger partial charge in [0.2, 0.25) is 0 Å². The molecule has 1 aromatic rings. The average Bonchev–Trinajstić information content (AvgIpc) is 3.05. The zero-order chi connectivity index (χ0) is 15.6. The Labute approximate surface area is 129 Å². The smallest absolute Gasteiger partial charge is 0.415 e. The molecule has 4 rings (SSSR count). The molecule has 1 heterocycles. The van der Waals surface area contributed by atoms with Gasteiger partial charge in [-0.2, -0.15) is 0 Å². The number of hydrogen-bond acceptors (Lipinski definition) is 2. The lowest BCUT2D eigenvalue weighted by molar-refractivity contribution is 0.0563. The highest BCUT2D eigenvalue weighted by molar-refractivity contribution is 5.92. The van der Waals surface area contributed by atoms with Crippen molar-refractivity contribution in [2.24, 2.45) is 11.8 Å². The van der Waals surface area contributed by atoms with Crippen molar-refractivity contribution >= 4 is 11.8 Å². The number of ether oxygens (including phenoxy) is 1. The van der Waals surface area contributed by atoms with E-state index >= 15 is 0 Å². The Balaban J connectivity index is 1.78. The quantitative estimate of drug-likeness (QED) is 0.671. The highest BCUT2D eigenvalue weighted by Crippen LogP contribution is 2.58. The van der Waals surface area contributed by atoms with E-state index in [0.717, 1.165) is 17.7 Å².